The molecular weight excluding hydrogens is 522 g/mol. The Morgan fingerprint density at radius 3 is 2.46 bits per heavy atom. The van der Waals surface area contributed by atoms with Crippen LogP contribution in [0.25, 0.3) is 22.0 Å². The van der Waals surface area contributed by atoms with Crippen molar-refractivity contribution in [1.29, 1.82) is 0 Å². The Balaban J connectivity index is 1.38. The van der Waals surface area contributed by atoms with Crippen LogP contribution >= 0.6 is 0 Å². The quantitative estimate of drug-likeness (QED) is 0.318. The van der Waals surface area contributed by atoms with Gasteiger partial charge >= 0.3 is 0 Å². The highest BCUT2D eigenvalue weighted by Crippen LogP contribution is 2.33. The summed E-state index contributed by atoms with van der Waals surface area (Å²) in [7, 11) is 0.0781. The van der Waals surface area contributed by atoms with E-state index in [0.29, 0.717) is 34.5 Å². The Morgan fingerprint density at radius 2 is 1.74 bits per heavy atom. The van der Waals surface area contributed by atoms with Crippen LogP contribution in [0, 0.1) is 18.6 Å². The lowest BCUT2D eigenvalue weighted by Gasteiger charge is -2.32. The van der Waals surface area contributed by atoms with Crippen LogP contribution in [0.2, 0.25) is 0 Å². The average molecular weight is 553 g/mol. The molecule has 1 saturated carbocycles. The lowest BCUT2D eigenvalue weighted by Crippen LogP contribution is -2.36. The summed E-state index contributed by atoms with van der Waals surface area (Å²) in [5, 5.41) is 4.01. The molecular formula is C28H30F2N6O2S. The first-order valence-electron chi connectivity index (χ1n) is 12.7. The Hall–Kier alpha value is -3.70. The van der Waals surface area contributed by atoms with E-state index in [9.17, 15) is 12.8 Å². The number of aryl methyl sites for hydroxylation is 1. The molecule has 1 aliphatic rings. The van der Waals surface area contributed by atoms with Gasteiger partial charge in [-0.2, -0.15) is 0 Å². The fourth-order valence-corrected chi connectivity index (χ4v) is 6.06. The molecule has 2 heterocycles. The molecule has 0 bridgehead atoms. The number of benzene rings is 2. The smallest absolute Gasteiger partial charge is 0.263 e. The SMILES string of the molecule is Cc1cncc(S(=O)(=O)Nc2ccc(F)c(-c3ccc4nc(NC5CCC(N(C)C)CC5)ncc4c3)c2F)c1. The van der Waals surface area contributed by atoms with Crippen molar-refractivity contribution >= 4 is 32.6 Å². The molecule has 2 aromatic heterocycles. The van der Waals surface area contributed by atoms with Gasteiger partial charge in [-0.1, -0.05) is 6.07 Å². The summed E-state index contributed by atoms with van der Waals surface area (Å²) in [5.74, 6) is -1.33. The Bertz CT molecular complexity index is 1620. The number of nitrogens with one attached hydrogen (secondary N) is 2. The number of anilines is 2. The van der Waals surface area contributed by atoms with Gasteiger partial charge in [0.1, 0.15) is 10.7 Å². The van der Waals surface area contributed by atoms with E-state index >= 15 is 4.39 Å². The number of pyridine rings is 1. The molecule has 8 nitrogen and oxygen atoms in total. The molecule has 2 aromatic carbocycles. The maximum Gasteiger partial charge on any atom is 0.263 e. The van der Waals surface area contributed by atoms with E-state index < -0.39 is 21.7 Å². The number of fused-ring (bicyclic) bond motifs is 1. The van der Waals surface area contributed by atoms with Gasteiger partial charge in [0.15, 0.2) is 5.82 Å². The van der Waals surface area contributed by atoms with Crippen LogP contribution in [0.1, 0.15) is 31.2 Å². The highest BCUT2D eigenvalue weighted by atomic mass is 32.2. The predicted molar refractivity (Wildman–Crippen MR) is 148 cm³/mol. The van der Waals surface area contributed by atoms with Crippen LogP contribution in [0.5, 0.6) is 0 Å². The monoisotopic (exact) mass is 552 g/mol. The molecule has 0 saturated heterocycles. The van der Waals surface area contributed by atoms with Gasteiger partial charge < -0.3 is 10.2 Å². The maximum atomic E-state index is 15.5. The van der Waals surface area contributed by atoms with Gasteiger partial charge in [-0.3, -0.25) is 9.71 Å². The number of nitrogens with zero attached hydrogens (tertiary/aromatic N) is 4. The summed E-state index contributed by atoms with van der Waals surface area (Å²) >= 11 is 0. The fraction of sp³-hybridized carbons (Fsp3) is 0.321. The molecule has 204 valence electrons. The van der Waals surface area contributed by atoms with E-state index in [2.05, 4.69) is 44.0 Å². The third-order valence-corrected chi connectivity index (χ3v) is 8.46. The van der Waals surface area contributed by atoms with Crippen LogP contribution < -0.4 is 10.0 Å². The summed E-state index contributed by atoms with van der Waals surface area (Å²) in [6.45, 7) is 1.70. The van der Waals surface area contributed by atoms with Crippen molar-refractivity contribution in [2.24, 2.45) is 0 Å². The van der Waals surface area contributed by atoms with Gasteiger partial charge in [-0.25, -0.2) is 27.2 Å². The topological polar surface area (TPSA) is 100 Å². The van der Waals surface area contributed by atoms with Crippen LogP contribution in [0.15, 0.2) is 59.9 Å². The van der Waals surface area contributed by atoms with Crippen molar-refractivity contribution in [2.45, 2.75) is 49.6 Å². The lowest BCUT2D eigenvalue weighted by atomic mass is 9.91. The van der Waals surface area contributed by atoms with Crippen molar-refractivity contribution in [1.82, 2.24) is 19.9 Å². The van der Waals surface area contributed by atoms with E-state index in [1.165, 1.54) is 18.5 Å². The first kappa shape index (κ1) is 26.9. The molecule has 39 heavy (non-hydrogen) atoms. The highest BCUT2D eigenvalue weighted by Gasteiger charge is 2.24. The largest absolute Gasteiger partial charge is 0.351 e. The van der Waals surface area contributed by atoms with Crippen LogP contribution in [-0.2, 0) is 10.0 Å². The number of sulfonamides is 1. The molecule has 0 atom stereocenters. The minimum absolute atomic E-state index is 0.120. The standard InChI is InChI=1S/C28H30F2N6O2S/c1-17-12-22(16-31-14-17)39(37,38)35-25-11-9-23(29)26(27(25)30)18-4-10-24-19(13-18)15-32-28(34-24)33-20-5-7-21(8-6-20)36(2)3/h4,9-16,20-21,35H,5-8H2,1-3H3,(H,32,33,34). The Morgan fingerprint density at radius 1 is 0.974 bits per heavy atom. The van der Waals surface area contributed by atoms with E-state index in [1.807, 2.05) is 0 Å². The first-order valence-corrected chi connectivity index (χ1v) is 14.2. The normalized spacial score (nSPS) is 17.9. The molecule has 4 aromatic rings. The molecule has 0 aliphatic heterocycles. The molecule has 11 heteroatoms. The fourth-order valence-electron chi connectivity index (χ4n) is 4.95. The number of aromatic nitrogens is 3. The van der Waals surface area contributed by atoms with Crippen molar-refractivity contribution < 1.29 is 17.2 Å². The minimum atomic E-state index is -4.13. The molecule has 1 aliphatic carbocycles. The summed E-state index contributed by atoms with van der Waals surface area (Å²) in [5.41, 5.74) is 0.781. The summed E-state index contributed by atoms with van der Waals surface area (Å²) in [4.78, 5) is 15.0. The molecule has 0 unspecified atom stereocenters. The van der Waals surface area contributed by atoms with Crippen LogP contribution in [0.3, 0.4) is 0 Å². The summed E-state index contributed by atoms with van der Waals surface area (Å²) in [6, 6.07) is 9.22. The predicted octanol–water partition coefficient (Wildman–Crippen LogP) is 5.36. The third-order valence-electron chi connectivity index (χ3n) is 7.12. The van der Waals surface area contributed by atoms with Gasteiger partial charge in [-0.15, -0.1) is 0 Å². The third kappa shape index (κ3) is 5.84. The van der Waals surface area contributed by atoms with E-state index in [4.69, 9.17) is 0 Å². The maximum absolute atomic E-state index is 15.5. The molecule has 5 rings (SSSR count). The van der Waals surface area contributed by atoms with Crippen LogP contribution in [0.4, 0.5) is 20.4 Å². The zero-order valence-electron chi connectivity index (χ0n) is 21.9. The van der Waals surface area contributed by atoms with Gasteiger partial charge in [0.25, 0.3) is 10.0 Å². The zero-order chi connectivity index (χ0) is 27.7. The molecule has 0 spiro atoms. The van der Waals surface area contributed by atoms with E-state index in [0.717, 1.165) is 37.8 Å². The van der Waals surface area contributed by atoms with E-state index in [1.54, 1.807) is 31.3 Å². The van der Waals surface area contributed by atoms with Crippen molar-refractivity contribution in [3.05, 3.63) is 72.2 Å². The average Bonchev–Trinajstić information content (AvgIpc) is 2.91. The summed E-state index contributed by atoms with van der Waals surface area (Å²) in [6.07, 6.45) is 8.57. The Labute approximate surface area is 226 Å². The second-order valence-corrected chi connectivity index (χ2v) is 11.9. The van der Waals surface area contributed by atoms with Crippen molar-refractivity contribution in [2.75, 3.05) is 24.1 Å². The van der Waals surface area contributed by atoms with Crippen molar-refractivity contribution in [3.63, 3.8) is 0 Å². The second kappa shape index (κ2) is 10.8. The summed E-state index contributed by atoms with van der Waals surface area (Å²) < 4.78 is 58.2. The highest BCUT2D eigenvalue weighted by molar-refractivity contribution is 7.92. The minimum Gasteiger partial charge on any atom is -0.351 e. The molecule has 1 fully saturated rings. The Kier molecular flexibility index (Phi) is 7.46. The first-order chi connectivity index (χ1) is 18.6. The number of rotatable bonds is 7. The number of hydrogen-bond donors (Lipinski definition) is 2. The van der Waals surface area contributed by atoms with Crippen molar-refractivity contribution in [3.8, 4) is 11.1 Å². The number of halogens is 2. The van der Waals surface area contributed by atoms with Crippen LogP contribution in [-0.4, -0.2) is 54.4 Å². The molecule has 0 amide bonds. The molecule has 2 N–H and O–H groups in total. The number of hydrogen-bond acceptors (Lipinski definition) is 7. The zero-order valence-corrected chi connectivity index (χ0v) is 22.8. The van der Waals surface area contributed by atoms with Gasteiger partial charge in [-0.05, 0) is 88.2 Å². The van der Waals surface area contributed by atoms with Gasteiger partial charge in [0, 0.05) is 36.1 Å². The second-order valence-electron chi connectivity index (χ2n) is 10.2. The van der Waals surface area contributed by atoms with E-state index in [-0.39, 0.29) is 21.7 Å². The van der Waals surface area contributed by atoms with Gasteiger partial charge in [0.2, 0.25) is 5.95 Å². The van der Waals surface area contributed by atoms with Gasteiger partial charge in [0.05, 0.1) is 16.8 Å². The lowest BCUT2D eigenvalue weighted by molar-refractivity contribution is 0.221. The molecule has 0 radical (unpaired) electrons.